The Bertz CT molecular complexity index is 1480. The first-order valence-corrected chi connectivity index (χ1v) is 13.3. The Balaban J connectivity index is 0.00000100. The summed E-state index contributed by atoms with van der Waals surface area (Å²) in [4.78, 5) is 54.2. The third-order valence-corrected chi connectivity index (χ3v) is 6.40. The van der Waals surface area contributed by atoms with Crippen molar-refractivity contribution in [2.75, 3.05) is 0 Å². The lowest BCUT2D eigenvalue weighted by Gasteiger charge is -2.27. The number of carbonyl (C=O) groups excluding carboxylic acids is 3. The van der Waals surface area contributed by atoms with E-state index in [1.807, 2.05) is 34.6 Å². The Labute approximate surface area is 228 Å². The van der Waals surface area contributed by atoms with Crippen LogP contribution in [0.25, 0.3) is 22.3 Å². The minimum Gasteiger partial charge on any atom is -0.458 e. The van der Waals surface area contributed by atoms with Crippen molar-refractivity contribution in [1.29, 1.82) is 0 Å². The average molecular weight is 537 g/mol. The maximum absolute atomic E-state index is 13.5. The number of hydrogen-bond donors (Lipinski definition) is 0. The molecule has 2 aliphatic heterocycles. The zero-order valence-electron chi connectivity index (χ0n) is 23.8. The lowest BCUT2D eigenvalue weighted by Crippen LogP contribution is -2.36. The molecule has 1 aromatic carbocycles. The van der Waals surface area contributed by atoms with Gasteiger partial charge in [0.2, 0.25) is 6.10 Å². The number of ether oxygens (including phenoxy) is 3. The van der Waals surface area contributed by atoms with Gasteiger partial charge in [-0.2, -0.15) is 0 Å². The van der Waals surface area contributed by atoms with Gasteiger partial charge in [-0.1, -0.05) is 34.6 Å². The van der Waals surface area contributed by atoms with Gasteiger partial charge in [0.15, 0.2) is 0 Å². The van der Waals surface area contributed by atoms with Gasteiger partial charge >= 0.3 is 11.9 Å². The Morgan fingerprint density at radius 1 is 1.13 bits per heavy atom. The van der Waals surface area contributed by atoms with E-state index < -0.39 is 23.5 Å². The van der Waals surface area contributed by atoms with Gasteiger partial charge in [0.1, 0.15) is 12.4 Å². The van der Waals surface area contributed by atoms with Crippen molar-refractivity contribution in [1.82, 2.24) is 9.55 Å². The number of rotatable bonds is 4. The highest BCUT2D eigenvalue weighted by atomic mass is 16.6. The summed E-state index contributed by atoms with van der Waals surface area (Å²) in [6.07, 6.45) is -0.649. The number of aryl methyl sites for hydroxylation is 1. The van der Waals surface area contributed by atoms with Crippen molar-refractivity contribution in [2.45, 2.75) is 81.1 Å². The summed E-state index contributed by atoms with van der Waals surface area (Å²) >= 11 is 0. The van der Waals surface area contributed by atoms with Crippen LogP contribution in [0.3, 0.4) is 0 Å². The summed E-state index contributed by atoms with van der Waals surface area (Å²) in [5.41, 5.74) is 3.24. The van der Waals surface area contributed by atoms with Gasteiger partial charge in [0.25, 0.3) is 12.0 Å². The molecule has 1 atom stereocenters. The molecule has 0 saturated heterocycles. The minimum atomic E-state index is -1.32. The highest BCUT2D eigenvalue weighted by molar-refractivity contribution is 5.90. The third-order valence-electron chi connectivity index (χ3n) is 6.40. The Morgan fingerprint density at radius 2 is 1.82 bits per heavy atom. The number of esters is 2. The Morgan fingerprint density at radius 3 is 2.44 bits per heavy atom. The fraction of sp³-hybridized carbons (Fsp3) is 0.433. The topological polar surface area (TPSA) is 114 Å². The third kappa shape index (κ3) is 5.30. The molecule has 208 valence electrons. The summed E-state index contributed by atoms with van der Waals surface area (Å²) in [5.74, 6) is -0.869. The monoisotopic (exact) mass is 536 g/mol. The van der Waals surface area contributed by atoms with E-state index in [1.165, 1.54) is 0 Å². The zero-order valence-corrected chi connectivity index (χ0v) is 23.8. The van der Waals surface area contributed by atoms with Crippen LogP contribution in [0.2, 0.25) is 0 Å². The number of carbonyl (C=O) groups is 3. The molecule has 0 N–H and O–H groups in total. The molecule has 2 aliphatic rings. The second-order valence-electron chi connectivity index (χ2n) is 9.66. The first kappa shape index (κ1) is 29.5. The van der Waals surface area contributed by atoms with Crippen molar-refractivity contribution in [3.05, 3.63) is 56.9 Å². The Hall–Kier alpha value is -4.01. The molecule has 9 heteroatoms. The molecule has 9 nitrogen and oxygen atoms in total. The lowest BCUT2D eigenvalue weighted by molar-refractivity contribution is -0.176. The molecule has 2 aromatic heterocycles. The van der Waals surface area contributed by atoms with Crippen molar-refractivity contribution < 1.29 is 28.6 Å². The molecule has 0 spiro atoms. The molecule has 0 radical (unpaired) electrons. The van der Waals surface area contributed by atoms with Crippen LogP contribution in [0.5, 0.6) is 5.75 Å². The zero-order chi connectivity index (χ0) is 29.1. The lowest BCUT2D eigenvalue weighted by atomic mass is 9.96. The van der Waals surface area contributed by atoms with Crippen molar-refractivity contribution in [3.63, 3.8) is 0 Å². The molecule has 39 heavy (non-hydrogen) atoms. The van der Waals surface area contributed by atoms with E-state index in [0.29, 0.717) is 47.7 Å². The van der Waals surface area contributed by atoms with Gasteiger partial charge in [-0.3, -0.25) is 14.4 Å². The van der Waals surface area contributed by atoms with Crippen molar-refractivity contribution in [2.24, 2.45) is 5.41 Å². The Kier molecular flexibility index (Phi) is 8.94. The largest absolute Gasteiger partial charge is 0.458 e. The van der Waals surface area contributed by atoms with E-state index in [-0.39, 0.29) is 17.7 Å². The molecular weight excluding hydrogens is 500 g/mol. The van der Waals surface area contributed by atoms with E-state index in [9.17, 15) is 19.2 Å². The molecule has 3 aromatic rings. The number of benzene rings is 1. The van der Waals surface area contributed by atoms with Crippen molar-refractivity contribution in [3.8, 4) is 17.1 Å². The summed E-state index contributed by atoms with van der Waals surface area (Å²) in [5, 5.41) is 0.840. The quantitative estimate of drug-likeness (QED) is 0.256. The molecule has 0 saturated carbocycles. The first-order valence-electron chi connectivity index (χ1n) is 13.3. The molecule has 1 unspecified atom stereocenters. The maximum Gasteiger partial charge on any atom is 0.352 e. The first-order chi connectivity index (χ1) is 18.6. The van der Waals surface area contributed by atoms with Crippen LogP contribution in [0.15, 0.2) is 29.1 Å². The summed E-state index contributed by atoms with van der Waals surface area (Å²) in [6.45, 7) is 15.6. The van der Waals surface area contributed by atoms with E-state index in [0.717, 1.165) is 16.5 Å². The van der Waals surface area contributed by atoms with E-state index in [4.69, 9.17) is 19.2 Å². The molecule has 0 bridgehead atoms. The van der Waals surface area contributed by atoms with Crippen molar-refractivity contribution >= 4 is 29.3 Å². The van der Waals surface area contributed by atoms with Gasteiger partial charge in [0, 0.05) is 16.5 Å². The molecule has 5 rings (SSSR count). The van der Waals surface area contributed by atoms with Gasteiger partial charge in [0.05, 0.1) is 34.4 Å². The summed E-state index contributed by atoms with van der Waals surface area (Å²) in [6, 6.07) is 6.90. The summed E-state index contributed by atoms with van der Waals surface area (Å²) < 4.78 is 17.3. The molecule has 4 heterocycles. The maximum atomic E-state index is 13.5. The van der Waals surface area contributed by atoms with Crippen LogP contribution in [0.4, 0.5) is 0 Å². The average Bonchev–Trinajstić information content (AvgIpc) is 3.29. The fourth-order valence-corrected chi connectivity index (χ4v) is 4.60. The molecule has 0 fully saturated rings. The number of fused-ring (bicyclic) bond motifs is 5. The SMILES string of the molecule is CC.CC.CCc1c2c(nc3ccc(OC=O)cc13)-c1cc3c(c(=O)n1C2)COC(=O)C3OC(=O)C(C)(C)C. The van der Waals surface area contributed by atoms with E-state index in [1.54, 1.807) is 49.6 Å². The van der Waals surface area contributed by atoms with Crippen LogP contribution >= 0.6 is 0 Å². The minimum absolute atomic E-state index is 0.185. The molecular formula is C30H36N2O7. The predicted molar refractivity (Wildman–Crippen MR) is 147 cm³/mol. The molecule has 0 aliphatic carbocycles. The van der Waals surface area contributed by atoms with Gasteiger partial charge in [-0.05, 0) is 57.0 Å². The van der Waals surface area contributed by atoms with Gasteiger partial charge < -0.3 is 18.8 Å². The van der Waals surface area contributed by atoms with Crippen LogP contribution in [-0.4, -0.2) is 28.0 Å². The second kappa shape index (κ2) is 11.8. The van der Waals surface area contributed by atoms with Crippen LogP contribution < -0.4 is 10.3 Å². The van der Waals surface area contributed by atoms with E-state index in [2.05, 4.69) is 0 Å². The smallest absolute Gasteiger partial charge is 0.352 e. The second-order valence-corrected chi connectivity index (χ2v) is 9.66. The number of pyridine rings is 2. The summed E-state index contributed by atoms with van der Waals surface area (Å²) in [7, 11) is 0. The van der Waals surface area contributed by atoms with Gasteiger partial charge in [-0.15, -0.1) is 0 Å². The standard InChI is InChI=1S/C26H24N2O7.2C2H6/c1-5-14-15-8-13(34-12-29)6-7-19(15)27-21-17(14)10-28-20(21)9-16-18(23(28)30)11-33-24(31)22(16)35-25(32)26(2,3)4;2*1-2/h6-9,12,22H,5,10-11H2,1-4H3;2*1-2H3. The number of aromatic nitrogens is 2. The number of hydrogen-bond acceptors (Lipinski definition) is 8. The number of cyclic esters (lactones) is 1. The van der Waals surface area contributed by atoms with Gasteiger partial charge in [-0.25, -0.2) is 9.78 Å². The van der Waals surface area contributed by atoms with E-state index >= 15 is 0 Å². The normalized spacial score (nSPS) is 14.9. The highest BCUT2D eigenvalue weighted by Gasteiger charge is 2.39. The van der Waals surface area contributed by atoms with Crippen LogP contribution in [0, 0.1) is 5.41 Å². The van der Waals surface area contributed by atoms with Crippen LogP contribution in [-0.2, 0) is 43.4 Å². The molecule has 0 amide bonds. The fourth-order valence-electron chi connectivity index (χ4n) is 4.60. The predicted octanol–water partition coefficient (Wildman–Crippen LogP) is 5.26. The number of nitrogens with zero attached hydrogens (tertiary/aromatic N) is 2. The van der Waals surface area contributed by atoms with Crippen LogP contribution in [0.1, 0.15) is 83.7 Å². The highest BCUT2D eigenvalue weighted by Crippen LogP contribution is 2.39.